The number of nitrogens with zero attached hydrogens (tertiary/aromatic N) is 2. The molecule has 0 aromatic carbocycles. The first-order valence-corrected chi connectivity index (χ1v) is 3.82. The summed E-state index contributed by atoms with van der Waals surface area (Å²) >= 11 is 5.43. The van der Waals surface area contributed by atoms with E-state index in [4.69, 9.17) is 11.6 Å². The predicted octanol–water partition coefficient (Wildman–Crippen LogP) is 0.0647. The third-order valence-corrected chi connectivity index (χ3v) is 1.74. The van der Waals surface area contributed by atoms with Crippen LogP contribution < -0.4 is 0 Å². The van der Waals surface area contributed by atoms with Crippen molar-refractivity contribution in [3.05, 3.63) is 0 Å². The first kappa shape index (κ1) is 7.43. The van der Waals surface area contributed by atoms with E-state index < -0.39 is 10.3 Å². The number of rotatable bonds is 0. The molecule has 0 spiro atoms. The minimum absolute atomic E-state index is 0.138. The van der Waals surface area contributed by atoms with Crippen LogP contribution in [0.4, 0.5) is 0 Å². The second kappa shape index (κ2) is 2.51. The van der Waals surface area contributed by atoms with Crippen molar-refractivity contribution < 1.29 is 8.42 Å². The van der Waals surface area contributed by atoms with Gasteiger partial charge < -0.3 is 0 Å². The molecule has 1 heterocycles. The Morgan fingerprint density at radius 2 is 2.00 bits per heavy atom. The SMILES string of the molecule is CC1=NC(=S(=O)=O)N=C1Cl. The first-order valence-electron chi connectivity index (χ1n) is 2.37. The molecule has 0 saturated carbocycles. The highest BCUT2D eigenvalue weighted by Gasteiger charge is 2.11. The Hall–Kier alpha value is -0.680. The van der Waals surface area contributed by atoms with E-state index in [-0.39, 0.29) is 10.3 Å². The summed E-state index contributed by atoms with van der Waals surface area (Å²) in [5.74, 6) is 0. The van der Waals surface area contributed by atoms with Gasteiger partial charge in [-0.25, -0.2) is 9.98 Å². The Bertz CT molecular complexity index is 323. The Balaban J connectivity index is 3.31. The van der Waals surface area contributed by atoms with Gasteiger partial charge in [0.05, 0.1) is 5.71 Å². The fourth-order valence-electron chi connectivity index (χ4n) is 0.454. The van der Waals surface area contributed by atoms with Gasteiger partial charge >= 0.3 is 0 Å². The Morgan fingerprint density at radius 3 is 2.20 bits per heavy atom. The van der Waals surface area contributed by atoms with Crippen LogP contribution in [0, 0.1) is 0 Å². The molecule has 0 bridgehead atoms. The molecule has 0 radical (unpaired) electrons. The zero-order valence-corrected chi connectivity index (χ0v) is 6.57. The molecule has 10 heavy (non-hydrogen) atoms. The van der Waals surface area contributed by atoms with Gasteiger partial charge in [-0.15, -0.1) is 0 Å². The fourth-order valence-corrected chi connectivity index (χ4v) is 1.00. The molecule has 0 aliphatic carbocycles. The second-order valence-electron chi connectivity index (χ2n) is 1.62. The molecule has 0 atom stereocenters. The molecule has 6 heteroatoms. The highest BCUT2D eigenvalue weighted by molar-refractivity contribution is 7.73. The lowest BCUT2D eigenvalue weighted by Gasteiger charge is -1.78. The van der Waals surface area contributed by atoms with Crippen LogP contribution in [0.5, 0.6) is 0 Å². The van der Waals surface area contributed by atoms with Gasteiger partial charge in [-0.3, -0.25) is 0 Å². The van der Waals surface area contributed by atoms with Gasteiger partial charge in [0.15, 0.2) is 5.17 Å². The molecule has 1 aliphatic rings. The fraction of sp³-hybridized carbons (Fsp3) is 0.250. The van der Waals surface area contributed by atoms with Gasteiger partial charge in [0.2, 0.25) is 0 Å². The van der Waals surface area contributed by atoms with Crippen molar-refractivity contribution in [3.8, 4) is 0 Å². The van der Waals surface area contributed by atoms with Crippen molar-refractivity contribution in [1.29, 1.82) is 0 Å². The van der Waals surface area contributed by atoms with Gasteiger partial charge in [-0.05, 0) is 6.92 Å². The standard InChI is InChI=1S/C4H3ClN2O2S/c1-2-3(5)7-4(6-2)10(8)9/h1H3. The molecular formula is C4H3ClN2O2S. The number of hydrogen-bond donors (Lipinski definition) is 0. The molecule has 0 saturated heterocycles. The number of aliphatic imine (C=N–C) groups is 2. The number of halogens is 1. The lowest BCUT2D eigenvalue weighted by Crippen LogP contribution is -1.94. The van der Waals surface area contributed by atoms with Crippen molar-refractivity contribution in [2.75, 3.05) is 0 Å². The first-order chi connectivity index (χ1) is 4.61. The van der Waals surface area contributed by atoms with Crippen LogP contribution in [0.15, 0.2) is 9.98 Å². The van der Waals surface area contributed by atoms with Crippen molar-refractivity contribution in [2.45, 2.75) is 6.92 Å². The molecule has 54 valence electrons. The van der Waals surface area contributed by atoms with Crippen LogP contribution in [-0.2, 0) is 10.3 Å². The predicted molar refractivity (Wildman–Crippen MR) is 40.3 cm³/mol. The van der Waals surface area contributed by atoms with E-state index in [1.54, 1.807) is 6.92 Å². The van der Waals surface area contributed by atoms with Gasteiger partial charge in [0, 0.05) is 0 Å². The van der Waals surface area contributed by atoms with Gasteiger partial charge in [0.1, 0.15) is 0 Å². The molecule has 0 amide bonds. The summed E-state index contributed by atoms with van der Waals surface area (Å²) < 4.78 is 20.4. The van der Waals surface area contributed by atoms with E-state index in [1.807, 2.05) is 0 Å². The lowest BCUT2D eigenvalue weighted by atomic mass is 10.5. The quantitative estimate of drug-likeness (QED) is 0.493. The monoisotopic (exact) mass is 178 g/mol. The zero-order valence-electron chi connectivity index (χ0n) is 5.00. The summed E-state index contributed by atoms with van der Waals surface area (Å²) in [6, 6.07) is 0. The number of hydrogen-bond acceptors (Lipinski definition) is 2. The van der Waals surface area contributed by atoms with Gasteiger partial charge in [-0.2, -0.15) is 8.42 Å². The Kier molecular flexibility index (Phi) is 1.87. The van der Waals surface area contributed by atoms with E-state index in [9.17, 15) is 8.42 Å². The largest absolute Gasteiger partial charge is 0.277 e. The van der Waals surface area contributed by atoms with E-state index in [1.165, 1.54) is 0 Å². The Morgan fingerprint density at radius 1 is 1.40 bits per heavy atom. The maximum Gasteiger partial charge on any atom is 0.277 e. The summed E-state index contributed by atoms with van der Waals surface area (Å²) in [5, 5.41) is -0.110. The van der Waals surface area contributed by atoms with Gasteiger partial charge in [-0.1, -0.05) is 11.6 Å². The molecule has 4 nitrogen and oxygen atoms in total. The zero-order chi connectivity index (χ0) is 7.72. The normalized spacial score (nSPS) is 16.8. The van der Waals surface area contributed by atoms with Crippen molar-refractivity contribution in [1.82, 2.24) is 0 Å². The molecular weight excluding hydrogens is 176 g/mol. The maximum atomic E-state index is 10.2. The molecule has 1 rings (SSSR count). The van der Waals surface area contributed by atoms with E-state index in [0.29, 0.717) is 5.71 Å². The third kappa shape index (κ3) is 1.25. The summed E-state index contributed by atoms with van der Waals surface area (Å²) in [7, 11) is -2.38. The molecule has 0 aromatic heterocycles. The average Bonchev–Trinajstić information content (AvgIpc) is 2.13. The summed E-state index contributed by atoms with van der Waals surface area (Å²) in [6.07, 6.45) is 0. The minimum Gasteiger partial charge on any atom is -0.217 e. The molecule has 0 N–H and O–H groups in total. The highest BCUT2D eigenvalue weighted by atomic mass is 35.5. The van der Waals surface area contributed by atoms with Gasteiger partial charge in [0.25, 0.3) is 15.4 Å². The maximum absolute atomic E-state index is 10.2. The lowest BCUT2D eigenvalue weighted by molar-refractivity contribution is 0.626. The van der Waals surface area contributed by atoms with Crippen molar-refractivity contribution in [2.24, 2.45) is 9.98 Å². The highest BCUT2D eigenvalue weighted by Crippen LogP contribution is 2.01. The topological polar surface area (TPSA) is 58.9 Å². The smallest absolute Gasteiger partial charge is 0.217 e. The van der Waals surface area contributed by atoms with Crippen LogP contribution in [0.3, 0.4) is 0 Å². The van der Waals surface area contributed by atoms with Crippen LogP contribution >= 0.6 is 11.6 Å². The molecule has 0 aromatic rings. The van der Waals surface area contributed by atoms with Crippen LogP contribution in [0.25, 0.3) is 0 Å². The van der Waals surface area contributed by atoms with Crippen LogP contribution in [0.1, 0.15) is 6.92 Å². The Labute approximate surface area is 63.8 Å². The van der Waals surface area contributed by atoms with Crippen molar-refractivity contribution in [3.63, 3.8) is 0 Å². The van der Waals surface area contributed by atoms with E-state index in [0.717, 1.165) is 0 Å². The van der Waals surface area contributed by atoms with Crippen LogP contribution in [0.2, 0.25) is 0 Å². The summed E-state index contributed by atoms with van der Waals surface area (Å²) in [4.78, 5) is 7.01. The molecule has 0 fully saturated rings. The van der Waals surface area contributed by atoms with E-state index in [2.05, 4.69) is 9.98 Å². The summed E-state index contributed by atoms with van der Waals surface area (Å²) in [5.41, 5.74) is 0.431. The molecule has 1 aliphatic heterocycles. The van der Waals surface area contributed by atoms with Crippen LogP contribution in [-0.4, -0.2) is 24.4 Å². The second-order valence-corrected chi connectivity index (χ2v) is 2.81. The van der Waals surface area contributed by atoms with E-state index >= 15 is 0 Å². The summed E-state index contributed by atoms with van der Waals surface area (Å²) in [6.45, 7) is 1.59. The average molecular weight is 179 g/mol. The third-order valence-electron chi connectivity index (χ3n) is 0.905. The minimum atomic E-state index is -2.38. The van der Waals surface area contributed by atoms with Crippen molar-refractivity contribution >= 4 is 37.9 Å². The molecule has 0 unspecified atom stereocenters.